The van der Waals surface area contributed by atoms with E-state index in [2.05, 4.69) is 28.6 Å². The number of aromatic nitrogens is 2. The van der Waals surface area contributed by atoms with Crippen molar-refractivity contribution in [3.63, 3.8) is 0 Å². The summed E-state index contributed by atoms with van der Waals surface area (Å²) in [5.74, 6) is 0. The topological polar surface area (TPSA) is 29.9 Å². The summed E-state index contributed by atoms with van der Waals surface area (Å²) in [6.45, 7) is 0. The van der Waals surface area contributed by atoms with E-state index in [1.807, 2.05) is 37.0 Å². The van der Waals surface area contributed by atoms with E-state index in [9.17, 15) is 0 Å². The minimum absolute atomic E-state index is 0.0728. The van der Waals surface area contributed by atoms with Crippen molar-refractivity contribution >= 4 is 33.8 Å². The first-order valence-electron chi connectivity index (χ1n) is 6.05. The van der Waals surface area contributed by atoms with Crippen LogP contribution in [0.2, 0.25) is 4.34 Å². The molecule has 2 heterocycles. The molecule has 0 spiro atoms. The number of thiophene rings is 1. The van der Waals surface area contributed by atoms with E-state index in [1.165, 1.54) is 10.3 Å². The van der Waals surface area contributed by atoms with Crippen molar-refractivity contribution in [1.82, 2.24) is 15.1 Å². The standard InChI is InChI=1S/C14H14ClN3S/c1-16-14(11-7-8-12(15)19-11)13-9-5-3-4-6-10(9)18(2)17-13/h3-8,14,16H,1-2H3. The van der Waals surface area contributed by atoms with Crippen LogP contribution in [-0.2, 0) is 7.05 Å². The molecule has 3 rings (SSSR count). The Hall–Kier alpha value is -1.36. The molecule has 3 nitrogen and oxygen atoms in total. The molecule has 0 aliphatic heterocycles. The molecular formula is C14H14ClN3S. The second kappa shape index (κ2) is 4.96. The van der Waals surface area contributed by atoms with Gasteiger partial charge in [0.1, 0.15) is 0 Å². The SMILES string of the molecule is CNC(c1ccc(Cl)s1)c1nn(C)c2ccccc12. The predicted octanol–water partition coefficient (Wildman–Crippen LogP) is 3.60. The quantitative estimate of drug-likeness (QED) is 0.799. The van der Waals surface area contributed by atoms with E-state index in [1.54, 1.807) is 11.3 Å². The summed E-state index contributed by atoms with van der Waals surface area (Å²) in [5.41, 5.74) is 2.18. The maximum absolute atomic E-state index is 6.04. The van der Waals surface area contributed by atoms with Crippen molar-refractivity contribution in [2.24, 2.45) is 7.05 Å². The summed E-state index contributed by atoms with van der Waals surface area (Å²) in [5, 5.41) is 9.17. The highest BCUT2D eigenvalue weighted by Gasteiger charge is 2.20. The molecule has 0 bridgehead atoms. The zero-order valence-corrected chi connectivity index (χ0v) is 12.3. The Bertz CT molecular complexity index is 716. The number of para-hydroxylation sites is 1. The highest BCUT2D eigenvalue weighted by Crippen LogP contribution is 2.33. The lowest BCUT2D eigenvalue weighted by molar-refractivity contribution is 0.657. The Morgan fingerprint density at radius 1 is 1.26 bits per heavy atom. The van der Waals surface area contributed by atoms with Crippen LogP contribution in [0.3, 0.4) is 0 Å². The Morgan fingerprint density at radius 2 is 2.05 bits per heavy atom. The first kappa shape index (κ1) is 12.7. The average molecular weight is 292 g/mol. The maximum atomic E-state index is 6.04. The van der Waals surface area contributed by atoms with Gasteiger partial charge >= 0.3 is 0 Å². The number of nitrogens with zero attached hydrogens (tertiary/aromatic N) is 2. The zero-order valence-electron chi connectivity index (χ0n) is 10.7. The third-order valence-electron chi connectivity index (χ3n) is 3.23. The number of rotatable bonds is 3. The average Bonchev–Trinajstić information content (AvgIpc) is 2.97. The van der Waals surface area contributed by atoms with Gasteiger partial charge in [-0.15, -0.1) is 11.3 Å². The first-order chi connectivity index (χ1) is 9.20. The summed E-state index contributed by atoms with van der Waals surface area (Å²) >= 11 is 7.62. The Labute approximate surface area is 120 Å². The molecule has 0 aliphatic rings. The molecule has 1 atom stereocenters. The number of hydrogen-bond acceptors (Lipinski definition) is 3. The van der Waals surface area contributed by atoms with Gasteiger partial charge in [-0.05, 0) is 25.2 Å². The van der Waals surface area contributed by atoms with Crippen LogP contribution in [0.5, 0.6) is 0 Å². The van der Waals surface area contributed by atoms with Crippen molar-refractivity contribution in [3.05, 3.63) is 51.3 Å². The lowest BCUT2D eigenvalue weighted by atomic mass is 10.1. The summed E-state index contributed by atoms with van der Waals surface area (Å²) in [4.78, 5) is 1.18. The van der Waals surface area contributed by atoms with Crippen molar-refractivity contribution in [1.29, 1.82) is 0 Å². The monoisotopic (exact) mass is 291 g/mol. The van der Waals surface area contributed by atoms with Crippen molar-refractivity contribution in [2.45, 2.75) is 6.04 Å². The fourth-order valence-corrected chi connectivity index (χ4v) is 3.53. The molecule has 19 heavy (non-hydrogen) atoms. The van der Waals surface area contributed by atoms with E-state index in [0.717, 1.165) is 15.5 Å². The van der Waals surface area contributed by atoms with E-state index < -0.39 is 0 Å². The van der Waals surface area contributed by atoms with Gasteiger partial charge in [-0.25, -0.2) is 0 Å². The van der Waals surface area contributed by atoms with Crippen LogP contribution >= 0.6 is 22.9 Å². The number of fused-ring (bicyclic) bond motifs is 1. The van der Waals surface area contributed by atoms with Crippen LogP contribution in [0.4, 0.5) is 0 Å². The Balaban J connectivity index is 2.16. The minimum atomic E-state index is 0.0728. The molecule has 3 aromatic rings. The van der Waals surface area contributed by atoms with Crippen molar-refractivity contribution in [2.75, 3.05) is 7.05 Å². The lowest BCUT2D eigenvalue weighted by Gasteiger charge is -2.12. The predicted molar refractivity (Wildman–Crippen MR) is 80.9 cm³/mol. The lowest BCUT2D eigenvalue weighted by Crippen LogP contribution is -2.17. The number of aryl methyl sites for hydroxylation is 1. The molecule has 0 aliphatic carbocycles. The smallest absolute Gasteiger partial charge is 0.0931 e. The molecule has 1 N–H and O–H groups in total. The van der Waals surface area contributed by atoms with Crippen LogP contribution in [-0.4, -0.2) is 16.8 Å². The van der Waals surface area contributed by atoms with Crippen molar-refractivity contribution in [3.8, 4) is 0 Å². The van der Waals surface area contributed by atoms with Gasteiger partial charge < -0.3 is 5.32 Å². The van der Waals surface area contributed by atoms with Gasteiger partial charge in [0.15, 0.2) is 0 Å². The van der Waals surface area contributed by atoms with Gasteiger partial charge in [-0.2, -0.15) is 5.10 Å². The summed E-state index contributed by atoms with van der Waals surface area (Å²) in [6.07, 6.45) is 0. The van der Waals surface area contributed by atoms with Gasteiger partial charge in [0.05, 0.1) is 21.6 Å². The molecule has 1 aromatic carbocycles. The summed E-state index contributed by atoms with van der Waals surface area (Å²) in [6, 6.07) is 12.3. The van der Waals surface area contributed by atoms with E-state index in [-0.39, 0.29) is 6.04 Å². The summed E-state index contributed by atoms with van der Waals surface area (Å²) < 4.78 is 2.72. The summed E-state index contributed by atoms with van der Waals surface area (Å²) in [7, 11) is 3.92. The number of hydrogen-bond donors (Lipinski definition) is 1. The van der Waals surface area contributed by atoms with Crippen molar-refractivity contribution < 1.29 is 0 Å². The van der Waals surface area contributed by atoms with Gasteiger partial charge in [0.25, 0.3) is 0 Å². The Kier molecular flexibility index (Phi) is 3.31. The molecule has 0 saturated carbocycles. The van der Waals surface area contributed by atoms with Crippen LogP contribution in [0.25, 0.3) is 10.9 Å². The third kappa shape index (κ3) is 2.16. The molecule has 1 unspecified atom stereocenters. The largest absolute Gasteiger partial charge is 0.307 e. The maximum Gasteiger partial charge on any atom is 0.0931 e. The fraction of sp³-hybridized carbons (Fsp3) is 0.214. The second-order valence-corrected chi connectivity index (χ2v) is 6.14. The highest BCUT2D eigenvalue weighted by molar-refractivity contribution is 7.16. The fourth-order valence-electron chi connectivity index (χ4n) is 2.35. The van der Waals surface area contributed by atoms with E-state index >= 15 is 0 Å². The van der Waals surface area contributed by atoms with Crippen LogP contribution in [0.1, 0.15) is 16.6 Å². The van der Waals surface area contributed by atoms with Gasteiger partial charge in [-0.1, -0.05) is 29.8 Å². The molecule has 0 radical (unpaired) electrons. The van der Waals surface area contributed by atoms with Gasteiger partial charge in [0.2, 0.25) is 0 Å². The molecule has 98 valence electrons. The minimum Gasteiger partial charge on any atom is -0.307 e. The van der Waals surface area contributed by atoms with E-state index in [4.69, 9.17) is 11.6 Å². The van der Waals surface area contributed by atoms with Crippen LogP contribution < -0.4 is 5.32 Å². The third-order valence-corrected chi connectivity index (χ3v) is 4.52. The second-order valence-electron chi connectivity index (χ2n) is 4.39. The molecular weight excluding hydrogens is 278 g/mol. The number of benzene rings is 1. The van der Waals surface area contributed by atoms with Gasteiger partial charge in [-0.3, -0.25) is 4.68 Å². The zero-order chi connectivity index (χ0) is 13.4. The molecule has 5 heteroatoms. The highest BCUT2D eigenvalue weighted by atomic mass is 35.5. The van der Waals surface area contributed by atoms with Gasteiger partial charge in [0, 0.05) is 17.3 Å². The van der Waals surface area contributed by atoms with Crippen LogP contribution in [0.15, 0.2) is 36.4 Å². The van der Waals surface area contributed by atoms with Crippen LogP contribution in [0, 0.1) is 0 Å². The Morgan fingerprint density at radius 3 is 2.74 bits per heavy atom. The molecule has 2 aromatic heterocycles. The normalized spacial score (nSPS) is 13.0. The molecule has 0 fully saturated rings. The molecule has 0 amide bonds. The first-order valence-corrected chi connectivity index (χ1v) is 7.24. The number of halogens is 1. The molecule has 0 saturated heterocycles. The van der Waals surface area contributed by atoms with E-state index in [0.29, 0.717) is 0 Å². The number of nitrogens with one attached hydrogen (secondary N) is 1.